The van der Waals surface area contributed by atoms with Crippen molar-refractivity contribution in [2.75, 3.05) is 22.2 Å². The van der Waals surface area contributed by atoms with Crippen LogP contribution in [0.2, 0.25) is 5.02 Å². The molecule has 0 saturated heterocycles. The predicted molar refractivity (Wildman–Crippen MR) is 116 cm³/mol. The van der Waals surface area contributed by atoms with E-state index in [1.54, 1.807) is 31.3 Å². The highest BCUT2D eigenvalue weighted by Crippen LogP contribution is 2.49. The average Bonchev–Trinajstić information content (AvgIpc) is 2.98. The molecule has 3 aromatic carbocycles. The quantitative estimate of drug-likeness (QED) is 0.619. The van der Waals surface area contributed by atoms with Gasteiger partial charge in [0.15, 0.2) is 0 Å². The summed E-state index contributed by atoms with van der Waals surface area (Å²) >= 11 is 5.96. The van der Waals surface area contributed by atoms with Gasteiger partial charge in [0.05, 0.1) is 18.0 Å². The predicted octanol–water partition coefficient (Wildman–Crippen LogP) is 4.74. The Balaban J connectivity index is 1.67. The lowest BCUT2D eigenvalue weighted by Gasteiger charge is -2.43. The van der Waals surface area contributed by atoms with Gasteiger partial charge in [0.25, 0.3) is 11.6 Å². The molecule has 6 nitrogen and oxygen atoms in total. The molecule has 3 aromatic rings. The number of halogens is 1. The highest BCUT2D eigenvalue weighted by atomic mass is 35.5. The van der Waals surface area contributed by atoms with Crippen molar-refractivity contribution in [3.05, 3.63) is 88.9 Å². The zero-order valence-electron chi connectivity index (χ0n) is 16.1. The summed E-state index contributed by atoms with van der Waals surface area (Å²) in [6, 6.07) is 21.1. The Morgan fingerprint density at radius 3 is 2.43 bits per heavy atom. The molecule has 2 aliphatic heterocycles. The Bertz CT molecular complexity index is 1160. The Morgan fingerprint density at radius 2 is 1.67 bits per heavy atom. The molecule has 1 spiro atoms. The second-order valence-electron chi connectivity index (χ2n) is 7.22. The fraction of sp³-hybridized carbons (Fsp3) is 0.130. The lowest BCUT2D eigenvalue weighted by Crippen LogP contribution is -2.60. The number of nitrogens with zero attached hydrogens (tertiary/aromatic N) is 2. The van der Waals surface area contributed by atoms with Gasteiger partial charge >= 0.3 is 6.03 Å². The second kappa shape index (κ2) is 6.86. The molecule has 0 aromatic heterocycles. The third kappa shape index (κ3) is 2.61. The number of rotatable bonds is 1. The third-order valence-corrected chi connectivity index (χ3v) is 5.76. The van der Waals surface area contributed by atoms with Crippen molar-refractivity contribution in [3.8, 4) is 0 Å². The number of benzene rings is 3. The highest BCUT2D eigenvalue weighted by Gasteiger charge is 2.59. The largest absolute Gasteiger partial charge is 0.338 e. The van der Waals surface area contributed by atoms with Crippen LogP contribution in [0.5, 0.6) is 0 Å². The first-order chi connectivity index (χ1) is 14.5. The standard InChI is InChI=1S/C23H18ClN3O3/c1-26-20-9-5-3-7-18(20)23(21(26)28)27(19-8-4-2-6-15(19)14-30-23)22(29)25-17-12-10-16(24)11-13-17/h2-13H,14H2,1H3,(H,25,29)/t23-/m1/s1. The summed E-state index contributed by atoms with van der Waals surface area (Å²) in [5.41, 5.74) is 1.80. The lowest BCUT2D eigenvalue weighted by atomic mass is 9.98. The first-order valence-electron chi connectivity index (χ1n) is 9.48. The van der Waals surface area contributed by atoms with Crippen LogP contribution in [0.1, 0.15) is 11.1 Å². The molecule has 2 heterocycles. The maximum atomic E-state index is 13.6. The summed E-state index contributed by atoms with van der Waals surface area (Å²) in [6.07, 6.45) is 0. The van der Waals surface area contributed by atoms with Crippen molar-refractivity contribution in [2.24, 2.45) is 0 Å². The van der Waals surface area contributed by atoms with Crippen LogP contribution in [0.15, 0.2) is 72.8 Å². The second-order valence-corrected chi connectivity index (χ2v) is 7.65. The van der Waals surface area contributed by atoms with Crippen molar-refractivity contribution >= 4 is 40.6 Å². The number of anilines is 3. The first kappa shape index (κ1) is 18.7. The number of likely N-dealkylation sites (N-methyl/N-ethyl adjacent to an activating group) is 1. The lowest BCUT2D eigenvalue weighted by molar-refractivity contribution is -0.146. The molecular formula is C23H18ClN3O3. The van der Waals surface area contributed by atoms with Gasteiger partial charge < -0.3 is 15.0 Å². The number of hydrogen-bond donors (Lipinski definition) is 1. The van der Waals surface area contributed by atoms with Gasteiger partial charge in [0.1, 0.15) is 0 Å². The van der Waals surface area contributed by atoms with Crippen molar-refractivity contribution in [1.82, 2.24) is 0 Å². The van der Waals surface area contributed by atoms with E-state index in [4.69, 9.17) is 16.3 Å². The Labute approximate surface area is 178 Å². The van der Waals surface area contributed by atoms with Gasteiger partial charge in [-0.3, -0.25) is 9.69 Å². The van der Waals surface area contributed by atoms with E-state index in [1.807, 2.05) is 48.5 Å². The molecule has 7 heteroatoms. The van der Waals surface area contributed by atoms with Crippen LogP contribution in [0.25, 0.3) is 0 Å². The molecule has 0 aliphatic carbocycles. The van der Waals surface area contributed by atoms with E-state index in [9.17, 15) is 9.59 Å². The summed E-state index contributed by atoms with van der Waals surface area (Å²) in [5.74, 6) is -0.315. The summed E-state index contributed by atoms with van der Waals surface area (Å²) in [5, 5.41) is 3.44. The normalized spacial score (nSPS) is 19.6. The van der Waals surface area contributed by atoms with Crippen LogP contribution >= 0.6 is 11.6 Å². The molecule has 150 valence electrons. The van der Waals surface area contributed by atoms with E-state index >= 15 is 0 Å². The van der Waals surface area contributed by atoms with Gasteiger partial charge in [0, 0.05) is 28.9 Å². The number of ether oxygens (including phenoxy) is 1. The van der Waals surface area contributed by atoms with Crippen molar-refractivity contribution in [2.45, 2.75) is 12.3 Å². The van der Waals surface area contributed by atoms with Crippen molar-refractivity contribution in [3.63, 3.8) is 0 Å². The van der Waals surface area contributed by atoms with E-state index in [2.05, 4.69) is 5.32 Å². The first-order valence-corrected chi connectivity index (χ1v) is 9.86. The number of carbonyl (C=O) groups excluding carboxylic acids is 2. The Morgan fingerprint density at radius 1 is 1.00 bits per heavy atom. The van der Waals surface area contributed by atoms with Gasteiger partial charge in [-0.1, -0.05) is 48.0 Å². The molecular weight excluding hydrogens is 402 g/mol. The molecule has 30 heavy (non-hydrogen) atoms. The van der Waals surface area contributed by atoms with Gasteiger partial charge in [-0.2, -0.15) is 0 Å². The molecule has 0 unspecified atom stereocenters. The smallest absolute Gasteiger partial charge is 0.329 e. The zero-order valence-corrected chi connectivity index (χ0v) is 16.9. The summed E-state index contributed by atoms with van der Waals surface area (Å²) < 4.78 is 6.21. The van der Waals surface area contributed by atoms with E-state index in [1.165, 1.54) is 9.80 Å². The van der Waals surface area contributed by atoms with Crippen LogP contribution in [0.3, 0.4) is 0 Å². The molecule has 0 radical (unpaired) electrons. The van der Waals surface area contributed by atoms with Gasteiger partial charge in [-0.25, -0.2) is 4.79 Å². The molecule has 2 aliphatic rings. The molecule has 0 saturated carbocycles. The number of fused-ring (bicyclic) bond motifs is 3. The average molecular weight is 420 g/mol. The van der Waals surface area contributed by atoms with E-state index in [-0.39, 0.29) is 12.5 Å². The number of urea groups is 1. The van der Waals surface area contributed by atoms with Gasteiger partial charge in [0.2, 0.25) is 0 Å². The maximum Gasteiger partial charge on any atom is 0.329 e. The van der Waals surface area contributed by atoms with Crippen LogP contribution in [-0.4, -0.2) is 19.0 Å². The SMILES string of the molecule is CN1C(=O)[C@]2(OCc3ccccc3N2C(=O)Nc2ccc(Cl)cc2)c2ccccc21. The topological polar surface area (TPSA) is 61.9 Å². The highest BCUT2D eigenvalue weighted by molar-refractivity contribution is 6.30. The fourth-order valence-corrected chi connectivity index (χ4v) is 4.22. The number of nitrogens with one attached hydrogen (secondary N) is 1. The molecule has 1 N–H and O–H groups in total. The molecule has 0 bridgehead atoms. The number of amides is 3. The van der Waals surface area contributed by atoms with Crippen molar-refractivity contribution < 1.29 is 14.3 Å². The summed E-state index contributed by atoms with van der Waals surface area (Å²) in [4.78, 5) is 30.0. The fourth-order valence-electron chi connectivity index (χ4n) is 4.09. The molecule has 1 atom stereocenters. The minimum Gasteiger partial charge on any atom is -0.338 e. The molecule has 5 rings (SSSR count). The monoisotopic (exact) mass is 419 g/mol. The van der Waals surface area contributed by atoms with Crippen LogP contribution in [0, 0.1) is 0 Å². The Hall–Kier alpha value is -3.35. The van der Waals surface area contributed by atoms with Crippen molar-refractivity contribution in [1.29, 1.82) is 0 Å². The minimum absolute atomic E-state index is 0.217. The van der Waals surface area contributed by atoms with Crippen LogP contribution in [-0.2, 0) is 21.9 Å². The zero-order chi connectivity index (χ0) is 20.9. The van der Waals surface area contributed by atoms with Gasteiger partial charge in [-0.15, -0.1) is 0 Å². The van der Waals surface area contributed by atoms with E-state index in [0.29, 0.717) is 27.6 Å². The molecule has 0 fully saturated rings. The van der Waals surface area contributed by atoms with Crippen LogP contribution < -0.4 is 15.1 Å². The summed E-state index contributed by atoms with van der Waals surface area (Å²) in [6.45, 7) is 0.217. The maximum absolute atomic E-state index is 13.6. The number of hydrogen-bond acceptors (Lipinski definition) is 3. The minimum atomic E-state index is -1.57. The summed E-state index contributed by atoms with van der Waals surface area (Å²) in [7, 11) is 1.69. The number of para-hydroxylation sites is 2. The van der Waals surface area contributed by atoms with Gasteiger partial charge in [-0.05, 0) is 36.4 Å². The van der Waals surface area contributed by atoms with E-state index < -0.39 is 11.8 Å². The van der Waals surface area contributed by atoms with E-state index in [0.717, 1.165) is 5.56 Å². The third-order valence-electron chi connectivity index (χ3n) is 5.51. The Kier molecular flexibility index (Phi) is 4.27. The number of carbonyl (C=O) groups is 2. The molecule has 3 amide bonds. The van der Waals surface area contributed by atoms with Crippen LogP contribution in [0.4, 0.5) is 21.9 Å².